The maximum atomic E-state index is 14.9. The van der Waals surface area contributed by atoms with Crippen molar-refractivity contribution in [2.75, 3.05) is 17.6 Å². The molecule has 1 spiro atoms. The van der Waals surface area contributed by atoms with Crippen LogP contribution in [-0.2, 0) is 32.7 Å². The molecule has 2 heterocycles. The molecule has 1 N–H and O–H groups in total. The van der Waals surface area contributed by atoms with Crippen molar-refractivity contribution in [2.24, 2.45) is 4.99 Å². The Kier molecular flexibility index (Phi) is 11.0. The molecule has 1 aliphatic heterocycles. The number of hydrogen-bond acceptors (Lipinski definition) is 8. The summed E-state index contributed by atoms with van der Waals surface area (Å²) in [5.74, 6) is 0.891. The molecule has 1 aliphatic carbocycles. The lowest BCUT2D eigenvalue weighted by Crippen LogP contribution is -2.40. The van der Waals surface area contributed by atoms with Crippen LogP contribution in [0.4, 0.5) is 5.88 Å². The Hall–Kier alpha value is -3.32. The average molecular weight is 695 g/mol. The smallest absolute Gasteiger partial charge is 0.269 e. The van der Waals surface area contributed by atoms with E-state index in [1.807, 2.05) is 24.3 Å². The maximum absolute atomic E-state index is 14.9. The zero-order chi connectivity index (χ0) is 34.7. The summed E-state index contributed by atoms with van der Waals surface area (Å²) in [6.45, 7) is 12.5. The highest BCUT2D eigenvalue weighted by atomic mass is 32.2. The van der Waals surface area contributed by atoms with Crippen molar-refractivity contribution in [2.45, 2.75) is 115 Å². The number of anilines is 1. The lowest BCUT2D eigenvalue weighted by atomic mass is 9.97. The van der Waals surface area contributed by atoms with Crippen LogP contribution in [0.2, 0.25) is 25.7 Å². The molecule has 10 nitrogen and oxygen atoms in total. The molecular formula is C36H50N4O6SSi. The molecular weight excluding hydrogens is 645 g/mol. The van der Waals surface area contributed by atoms with Gasteiger partial charge in [-0.3, -0.25) is 14.7 Å². The number of nitrogens with zero attached hydrogens (tertiary/aromatic N) is 4. The number of amides is 1. The molecule has 1 fully saturated rings. The van der Waals surface area contributed by atoms with Crippen LogP contribution in [0.25, 0.3) is 11.1 Å². The number of aliphatic hydroxyl groups is 1. The lowest BCUT2D eigenvalue weighted by molar-refractivity contribution is -0.131. The highest BCUT2D eigenvalue weighted by molar-refractivity contribution is 7.93. The number of aliphatic hydroxyl groups excluding tert-OH is 1. The van der Waals surface area contributed by atoms with Gasteiger partial charge in [0, 0.05) is 32.2 Å². The first-order valence-electron chi connectivity index (χ1n) is 17.1. The molecule has 0 saturated heterocycles. The minimum atomic E-state index is -4.33. The number of ether oxygens (including phenoxy) is 1. The summed E-state index contributed by atoms with van der Waals surface area (Å²) >= 11 is 0. The Morgan fingerprint density at radius 2 is 1.81 bits per heavy atom. The van der Waals surface area contributed by atoms with E-state index in [0.29, 0.717) is 46.5 Å². The summed E-state index contributed by atoms with van der Waals surface area (Å²) in [7, 11) is -5.77. The molecule has 2 aromatic carbocycles. The van der Waals surface area contributed by atoms with Crippen LogP contribution in [-0.4, -0.2) is 62.3 Å². The van der Waals surface area contributed by atoms with E-state index in [2.05, 4.69) is 31.7 Å². The normalized spacial score (nSPS) is 16.3. The summed E-state index contributed by atoms with van der Waals surface area (Å²) in [4.78, 5) is 20.8. The highest BCUT2D eigenvalue weighted by Gasteiger charge is 2.49. The fourth-order valence-electron chi connectivity index (χ4n) is 6.42. The molecule has 1 saturated carbocycles. The van der Waals surface area contributed by atoms with Gasteiger partial charge >= 0.3 is 0 Å². The monoisotopic (exact) mass is 694 g/mol. The number of carbonyl (C=O) groups excluding carboxylic acids is 1. The second-order valence-corrected chi connectivity index (χ2v) is 21.8. The Morgan fingerprint density at radius 3 is 2.46 bits per heavy atom. The van der Waals surface area contributed by atoms with Crippen LogP contribution in [0, 0.1) is 13.8 Å². The molecule has 0 atom stereocenters. The van der Waals surface area contributed by atoms with E-state index in [-0.39, 0.29) is 36.6 Å². The van der Waals surface area contributed by atoms with Gasteiger partial charge in [0.1, 0.15) is 18.1 Å². The van der Waals surface area contributed by atoms with E-state index in [1.165, 1.54) is 0 Å². The van der Waals surface area contributed by atoms with Gasteiger partial charge in [0.25, 0.3) is 15.9 Å². The minimum Gasteiger partial charge on any atom is -0.392 e. The zero-order valence-corrected chi connectivity index (χ0v) is 31.0. The van der Waals surface area contributed by atoms with Gasteiger partial charge in [0.2, 0.25) is 5.88 Å². The van der Waals surface area contributed by atoms with Crippen molar-refractivity contribution in [1.29, 1.82) is 0 Å². The highest BCUT2D eigenvalue weighted by Crippen LogP contribution is 2.41. The van der Waals surface area contributed by atoms with Crippen molar-refractivity contribution in [1.82, 2.24) is 10.1 Å². The number of carbonyl (C=O) groups is 1. The zero-order valence-electron chi connectivity index (χ0n) is 29.2. The number of aromatic nitrogens is 1. The lowest BCUT2D eigenvalue weighted by Gasteiger charge is -2.26. The van der Waals surface area contributed by atoms with Gasteiger partial charge in [0.15, 0.2) is 0 Å². The molecule has 48 heavy (non-hydrogen) atoms. The fourth-order valence-corrected chi connectivity index (χ4v) is 8.77. The summed E-state index contributed by atoms with van der Waals surface area (Å²) in [5, 5.41) is 14.3. The summed E-state index contributed by atoms with van der Waals surface area (Å²) in [6, 6.07) is 13.4. The van der Waals surface area contributed by atoms with E-state index in [1.54, 1.807) is 36.9 Å². The Labute approximate surface area is 286 Å². The standard InChI is InChI=1S/C36H50N4O6SSi/c1-7-8-15-33-37-36(18-11-12-19-36)35(42)39(33)23-28-16-17-31(30-14-10-9-13-29(30)24-41)32(22-28)47(43,44)40(25-45-20-21-48(4,5)6)34-26(2)27(3)38-46-34/h9-10,13-14,16-17,22,41H,7-8,11-12,15,18-21,23-25H2,1-6H3. The van der Waals surface area contributed by atoms with Gasteiger partial charge in [-0.25, -0.2) is 12.7 Å². The third-order valence-electron chi connectivity index (χ3n) is 9.48. The van der Waals surface area contributed by atoms with E-state index in [4.69, 9.17) is 14.3 Å². The maximum Gasteiger partial charge on any atom is 0.269 e. The van der Waals surface area contributed by atoms with Crippen molar-refractivity contribution in [3.8, 4) is 11.1 Å². The first-order valence-corrected chi connectivity index (χ1v) is 22.2. The predicted octanol–water partition coefficient (Wildman–Crippen LogP) is 7.20. The van der Waals surface area contributed by atoms with Crippen molar-refractivity contribution >= 4 is 35.7 Å². The van der Waals surface area contributed by atoms with Crippen LogP contribution >= 0.6 is 0 Å². The molecule has 3 aromatic rings. The third-order valence-corrected chi connectivity index (χ3v) is 12.9. The number of sulfonamides is 1. The van der Waals surface area contributed by atoms with Crippen molar-refractivity contribution in [3.05, 3.63) is 64.8 Å². The van der Waals surface area contributed by atoms with Gasteiger partial charge in [-0.1, -0.05) is 87.4 Å². The molecule has 260 valence electrons. The quantitative estimate of drug-likeness (QED) is 0.101. The Balaban J connectivity index is 1.60. The van der Waals surface area contributed by atoms with Crippen LogP contribution in [0.3, 0.4) is 0 Å². The first kappa shape index (κ1) is 36.0. The average Bonchev–Trinajstić information content (AvgIpc) is 3.74. The van der Waals surface area contributed by atoms with E-state index >= 15 is 0 Å². The van der Waals surface area contributed by atoms with E-state index in [0.717, 1.165) is 54.7 Å². The Morgan fingerprint density at radius 1 is 1.08 bits per heavy atom. The van der Waals surface area contributed by atoms with Gasteiger partial charge in [-0.05, 0) is 61.9 Å². The number of aliphatic imine (C=N–C) groups is 1. The van der Waals surface area contributed by atoms with E-state index < -0.39 is 23.6 Å². The SMILES string of the molecule is CCCCC1=NC2(CCCC2)C(=O)N1Cc1ccc(-c2ccccc2CO)c(S(=O)(=O)N(COCC[Si](C)(C)C)c2onc(C)c2C)c1. The third kappa shape index (κ3) is 7.46. The molecule has 0 radical (unpaired) electrons. The number of unbranched alkanes of at least 4 members (excludes halogenated alkanes) is 1. The molecule has 5 rings (SSSR count). The molecule has 0 unspecified atom stereocenters. The van der Waals surface area contributed by atoms with Crippen LogP contribution in [0.5, 0.6) is 0 Å². The van der Waals surface area contributed by atoms with Gasteiger partial charge < -0.3 is 14.4 Å². The largest absolute Gasteiger partial charge is 0.392 e. The number of aryl methyl sites for hydroxylation is 1. The summed E-state index contributed by atoms with van der Waals surface area (Å²) in [5.41, 5.74) is 2.78. The van der Waals surface area contributed by atoms with Crippen LogP contribution < -0.4 is 4.31 Å². The molecule has 12 heteroatoms. The summed E-state index contributed by atoms with van der Waals surface area (Å²) in [6.07, 6.45) is 6.03. The van der Waals surface area contributed by atoms with E-state index in [9.17, 15) is 18.3 Å². The molecule has 1 aromatic heterocycles. The molecule has 0 bridgehead atoms. The molecule has 1 amide bonds. The topological polar surface area (TPSA) is 126 Å². The summed E-state index contributed by atoms with van der Waals surface area (Å²) < 4.78 is 42.7. The van der Waals surface area contributed by atoms with Gasteiger partial charge in [-0.15, -0.1) is 0 Å². The van der Waals surface area contributed by atoms with Crippen LogP contribution in [0.1, 0.15) is 74.3 Å². The number of benzene rings is 2. The number of amidine groups is 1. The van der Waals surface area contributed by atoms with Crippen molar-refractivity contribution < 1.29 is 27.6 Å². The second kappa shape index (κ2) is 14.7. The minimum absolute atomic E-state index is 0.00963. The number of rotatable bonds is 15. The second-order valence-electron chi connectivity index (χ2n) is 14.3. The molecule has 2 aliphatic rings. The van der Waals surface area contributed by atoms with Gasteiger partial charge in [0.05, 0.1) is 23.7 Å². The number of hydrogen-bond donors (Lipinski definition) is 1. The fraction of sp³-hybridized carbons (Fsp3) is 0.528. The van der Waals surface area contributed by atoms with Gasteiger partial charge in [-0.2, -0.15) is 0 Å². The van der Waals surface area contributed by atoms with Crippen molar-refractivity contribution in [3.63, 3.8) is 0 Å². The van der Waals surface area contributed by atoms with Crippen LogP contribution in [0.15, 0.2) is 56.9 Å². The Bertz CT molecular complexity index is 1760. The predicted molar refractivity (Wildman–Crippen MR) is 191 cm³/mol. The first-order chi connectivity index (χ1) is 22.8.